The molecule has 0 aliphatic heterocycles. The van der Waals surface area contributed by atoms with Crippen LogP contribution in [0.1, 0.15) is 24.4 Å². The van der Waals surface area contributed by atoms with E-state index in [1.165, 1.54) is 0 Å². The highest BCUT2D eigenvalue weighted by Gasteiger charge is 2.18. The van der Waals surface area contributed by atoms with Gasteiger partial charge in [0.1, 0.15) is 11.6 Å². The third-order valence-corrected chi connectivity index (χ3v) is 3.37. The number of nitrogens with zero attached hydrogens (tertiary/aromatic N) is 2. The summed E-state index contributed by atoms with van der Waals surface area (Å²) in [5, 5.41) is 3.49. The molecule has 0 aliphatic carbocycles. The number of imidazole rings is 1. The normalized spacial score (nSPS) is 12.6. The highest BCUT2D eigenvalue weighted by atomic mass is 35.5. The Morgan fingerprint density at radius 2 is 2.26 bits per heavy atom. The molecule has 0 radical (unpaired) electrons. The number of aryl methyl sites for hydroxylation is 1. The predicted octanol–water partition coefficient (Wildman–Crippen LogP) is 3.11. The Morgan fingerprint density at radius 1 is 1.47 bits per heavy atom. The fourth-order valence-electron chi connectivity index (χ4n) is 2.14. The fourth-order valence-corrected chi connectivity index (χ4v) is 2.33. The van der Waals surface area contributed by atoms with Crippen molar-refractivity contribution in [2.24, 2.45) is 7.05 Å². The molecule has 0 spiro atoms. The van der Waals surface area contributed by atoms with Crippen molar-refractivity contribution in [3.8, 4) is 0 Å². The van der Waals surface area contributed by atoms with Crippen molar-refractivity contribution in [2.45, 2.75) is 19.4 Å². The van der Waals surface area contributed by atoms with Crippen LogP contribution in [0, 0.1) is 5.82 Å². The Hall–Kier alpha value is -1.39. The summed E-state index contributed by atoms with van der Waals surface area (Å²) in [6.07, 6.45) is 4.15. The second-order valence-corrected chi connectivity index (χ2v) is 4.83. The molecule has 1 aromatic heterocycles. The van der Waals surface area contributed by atoms with E-state index in [-0.39, 0.29) is 16.9 Å². The van der Waals surface area contributed by atoms with E-state index in [2.05, 4.69) is 10.3 Å². The van der Waals surface area contributed by atoms with Gasteiger partial charge in [0.15, 0.2) is 0 Å². The molecule has 0 aliphatic rings. The number of hydrogen-bond donors (Lipinski definition) is 1. The zero-order chi connectivity index (χ0) is 13.8. The van der Waals surface area contributed by atoms with E-state index in [0.717, 1.165) is 12.4 Å². The van der Waals surface area contributed by atoms with Crippen molar-refractivity contribution in [2.75, 3.05) is 6.54 Å². The van der Waals surface area contributed by atoms with Gasteiger partial charge in [0.2, 0.25) is 0 Å². The molecule has 2 rings (SSSR count). The molecule has 0 saturated carbocycles. The molecule has 19 heavy (non-hydrogen) atoms. The van der Waals surface area contributed by atoms with Gasteiger partial charge in [-0.3, -0.25) is 0 Å². The van der Waals surface area contributed by atoms with Crippen molar-refractivity contribution >= 4 is 11.6 Å². The molecule has 0 amide bonds. The van der Waals surface area contributed by atoms with Gasteiger partial charge in [-0.25, -0.2) is 9.37 Å². The minimum atomic E-state index is -0.346. The van der Waals surface area contributed by atoms with Crippen molar-refractivity contribution in [3.63, 3.8) is 0 Å². The Labute approximate surface area is 117 Å². The first kappa shape index (κ1) is 14.0. The quantitative estimate of drug-likeness (QED) is 0.913. The van der Waals surface area contributed by atoms with Crippen LogP contribution in [-0.4, -0.2) is 16.1 Å². The maximum Gasteiger partial charge on any atom is 0.145 e. The van der Waals surface area contributed by atoms with Gasteiger partial charge in [-0.2, -0.15) is 0 Å². The zero-order valence-corrected chi connectivity index (χ0v) is 11.8. The molecule has 1 N–H and O–H groups in total. The van der Waals surface area contributed by atoms with E-state index in [1.807, 2.05) is 24.7 Å². The summed E-state index contributed by atoms with van der Waals surface area (Å²) in [6.45, 7) is 2.81. The molecule has 0 saturated heterocycles. The van der Waals surface area contributed by atoms with Crippen LogP contribution in [0.15, 0.2) is 30.6 Å². The number of rotatable bonds is 5. The lowest BCUT2D eigenvalue weighted by Gasteiger charge is -2.18. The van der Waals surface area contributed by atoms with Crippen LogP contribution in [0.2, 0.25) is 5.02 Å². The predicted molar refractivity (Wildman–Crippen MR) is 74.7 cm³/mol. The first-order valence-corrected chi connectivity index (χ1v) is 6.64. The second kappa shape index (κ2) is 6.17. The zero-order valence-electron chi connectivity index (χ0n) is 11.0. The van der Waals surface area contributed by atoms with Crippen LogP contribution >= 0.6 is 11.6 Å². The monoisotopic (exact) mass is 281 g/mol. The molecule has 102 valence electrons. The second-order valence-electron chi connectivity index (χ2n) is 4.42. The van der Waals surface area contributed by atoms with Gasteiger partial charge < -0.3 is 9.88 Å². The van der Waals surface area contributed by atoms with E-state index in [4.69, 9.17) is 11.6 Å². The van der Waals surface area contributed by atoms with Gasteiger partial charge in [0, 0.05) is 19.4 Å². The van der Waals surface area contributed by atoms with Crippen molar-refractivity contribution < 1.29 is 4.39 Å². The topological polar surface area (TPSA) is 29.9 Å². The number of halogens is 2. The molecule has 5 heteroatoms. The summed E-state index contributed by atoms with van der Waals surface area (Å²) < 4.78 is 15.9. The van der Waals surface area contributed by atoms with Crippen LogP contribution in [0.5, 0.6) is 0 Å². The molecular weight excluding hydrogens is 265 g/mol. The Kier molecular flexibility index (Phi) is 4.56. The highest BCUT2D eigenvalue weighted by Crippen LogP contribution is 2.23. The summed E-state index contributed by atoms with van der Waals surface area (Å²) in [5.41, 5.74) is 0.599. The third-order valence-electron chi connectivity index (χ3n) is 3.08. The van der Waals surface area contributed by atoms with E-state index in [9.17, 15) is 4.39 Å². The van der Waals surface area contributed by atoms with Gasteiger partial charge in [0.25, 0.3) is 0 Å². The molecule has 0 fully saturated rings. The molecule has 0 bridgehead atoms. The molecule has 1 unspecified atom stereocenters. The number of aromatic nitrogens is 2. The van der Waals surface area contributed by atoms with Gasteiger partial charge in [-0.15, -0.1) is 0 Å². The van der Waals surface area contributed by atoms with Crippen LogP contribution in [0.3, 0.4) is 0 Å². The van der Waals surface area contributed by atoms with Gasteiger partial charge in [0.05, 0.1) is 11.1 Å². The van der Waals surface area contributed by atoms with Crippen LogP contribution in [0.25, 0.3) is 0 Å². The number of likely N-dealkylation sites (N-methyl/N-ethyl adjacent to an activating group) is 1. The lowest BCUT2D eigenvalue weighted by atomic mass is 10.0. The number of hydrogen-bond acceptors (Lipinski definition) is 2. The van der Waals surface area contributed by atoms with E-state index in [1.54, 1.807) is 24.4 Å². The van der Waals surface area contributed by atoms with Crippen LogP contribution in [-0.2, 0) is 13.5 Å². The summed E-state index contributed by atoms with van der Waals surface area (Å²) in [4.78, 5) is 4.33. The minimum Gasteiger partial charge on any atom is -0.337 e. The average Bonchev–Trinajstić information content (AvgIpc) is 2.80. The molecule has 2 aromatic rings. The summed E-state index contributed by atoms with van der Waals surface area (Å²) >= 11 is 5.81. The van der Waals surface area contributed by atoms with Crippen LogP contribution < -0.4 is 5.32 Å². The first-order chi connectivity index (χ1) is 9.13. The van der Waals surface area contributed by atoms with Crippen LogP contribution in [0.4, 0.5) is 4.39 Å². The SMILES string of the molecule is CCNC(Cc1cccc(Cl)c1F)c1nccn1C. The average molecular weight is 282 g/mol. The smallest absolute Gasteiger partial charge is 0.145 e. The summed E-state index contributed by atoms with van der Waals surface area (Å²) in [6, 6.07) is 5.05. The molecule has 3 nitrogen and oxygen atoms in total. The Bertz CT molecular complexity index is 553. The van der Waals surface area contributed by atoms with Gasteiger partial charge in [-0.1, -0.05) is 30.7 Å². The molecular formula is C14H17ClFN3. The van der Waals surface area contributed by atoms with Gasteiger partial charge in [-0.05, 0) is 24.6 Å². The minimum absolute atomic E-state index is 0.0297. The lowest BCUT2D eigenvalue weighted by Crippen LogP contribution is -2.26. The highest BCUT2D eigenvalue weighted by molar-refractivity contribution is 6.30. The molecule has 1 heterocycles. The van der Waals surface area contributed by atoms with Gasteiger partial charge >= 0.3 is 0 Å². The summed E-state index contributed by atoms with van der Waals surface area (Å²) in [5.74, 6) is 0.544. The fraction of sp³-hybridized carbons (Fsp3) is 0.357. The number of benzene rings is 1. The molecule has 1 atom stereocenters. The maximum absolute atomic E-state index is 14.0. The summed E-state index contributed by atoms with van der Waals surface area (Å²) in [7, 11) is 1.93. The van der Waals surface area contributed by atoms with E-state index in [0.29, 0.717) is 12.0 Å². The van der Waals surface area contributed by atoms with E-state index < -0.39 is 0 Å². The largest absolute Gasteiger partial charge is 0.337 e. The van der Waals surface area contributed by atoms with E-state index >= 15 is 0 Å². The van der Waals surface area contributed by atoms with Crippen molar-refractivity contribution in [3.05, 3.63) is 52.8 Å². The first-order valence-electron chi connectivity index (χ1n) is 6.27. The standard InChI is InChI=1S/C14H17ClFN3/c1-3-17-12(14-18-7-8-19(14)2)9-10-5-4-6-11(15)13(10)16/h4-8,12,17H,3,9H2,1-2H3. The Morgan fingerprint density at radius 3 is 2.89 bits per heavy atom. The maximum atomic E-state index is 14.0. The number of nitrogens with one attached hydrogen (secondary N) is 1. The lowest BCUT2D eigenvalue weighted by molar-refractivity contribution is 0.493. The molecule has 1 aromatic carbocycles. The third kappa shape index (κ3) is 3.14. The van der Waals surface area contributed by atoms with Crippen molar-refractivity contribution in [1.82, 2.24) is 14.9 Å². The van der Waals surface area contributed by atoms with Crippen molar-refractivity contribution in [1.29, 1.82) is 0 Å². The Balaban J connectivity index is 2.27.